The number of aromatic nitrogens is 1. The highest BCUT2D eigenvalue weighted by Crippen LogP contribution is 2.27. The first-order valence-electron chi connectivity index (χ1n) is 7.35. The number of nitrogens with one attached hydrogen (secondary N) is 1. The Hall–Kier alpha value is -2.25. The zero-order valence-electron chi connectivity index (χ0n) is 11.7. The zero-order valence-corrected chi connectivity index (χ0v) is 11.7. The van der Waals surface area contributed by atoms with E-state index in [9.17, 15) is 4.79 Å². The molecule has 2 fully saturated rings. The second-order valence-electron chi connectivity index (χ2n) is 5.96. The highest BCUT2D eigenvalue weighted by atomic mass is 16.1. The van der Waals surface area contributed by atoms with Crippen LogP contribution < -0.4 is 5.32 Å². The molecule has 2 aromatic heterocycles. The SMILES string of the molecule is C#Cc1ccc2ccc(C(=O)NC3CN4CC[C@H]3C4)cn12. The van der Waals surface area contributed by atoms with Crippen LogP contribution in [-0.4, -0.2) is 40.9 Å². The molecule has 1 amide bonds. The van der Waals surface area contributed by atoms with Crippen molar-refractivity contribution in [2.24, 2.45) is 5.92 Å². The van der Waals surface area contributed by atoms with Crippen LogP contribution in [0.3, 0.4) is 0 Å². The van der Waals surface area contributed by atoms with Crippen molar-refractivity contribution in [2.75, 3.05) is 19.6 Å². The van der Waals surface area contributed by atoms with Gasteiger partial charge >= 0.3 is 0 Å². The molecule has 0 aliphatic carbocycles. The van der Waals surface area contributed by atoms with Gasteiger partial charge in [0.15, 0.2) is 0 Å². The quantitative estimate of drug-likeness (QED) is 0.843. The highest BCUT2D eigenvalue weighted by Gasteiger charge is 2.38. The minimum Gasteiger partial charge on any atom is -0.348 e. The van der Waals surface area contributed by atoms with E-state index in [-0.39, 0.29) is 5.91 Å². The van der Waals surface area contributed by atoms with E-state index < -0.39 is 0 Å². The summed E-state index contributed by atoms with van der Waals surface area (Å²) in [6.07, 6.45) is 8.51. The molecule has 3 atom stereocenters. The van der Waals surface area contributed by atoms with Gasteiger partial charge in [-0.1, -0.05) is 5.92 Å². The van der Waals surface area contributed by atoms with E-state index in [4.69, 9.17) is 6.42 Å². The number of amides is 1. The average molecular weight is 279 g/mol. The van der Waals surface area contributed by atoms with Crippen molar-refractivity contribution in [2.45, 2.75) is 12.5 Å². The van der Waals surface area contributed by atoms with E-state index in [1.165, 1.54) is 13.0 Å². The lowest BCUT2D eigenvalue weighted by Gasteiger charge is -2.23. The van der Waals surface area contributed by atoms with E-state index in [0.717, 1.165) is 24.3 Å². The van der Waals surface area contributed by atoms with Gasteiger partial charge in [0.2, 0.25) is 0 Å². The topological polar surface area (TPSA) is 36.8 Å². The van der Waals surface area contributed by atoms with Crippen molar-refractivity contribution in [1.82, 2.24) is 14.6 Å². The van der Waals surface area contributed by atoms with Gasteiger partial charge in [-0.05, 0) is 43.1 Å². The number of fused-ring (bicyclic) bond motifs is 3. The second kappa shape index (κ2) is 4.64. The molecule has 0 radical (unpaired) electrons. The van der Waals surface area contributed by atoms with Crippen LogP contribution in [0.25, 0.3) is 5.52 Å². The maximum atomic E-state index is 12.4. The molecule has 2 saturated heterocycles. The Kier molecular flexibility index (Phi) is 2.76. The Labute approximate surface area is 123 Å². The molecule has 4 heteroatoms. The number of carbonyl (C=O) groups excluding carboxylic acids is 1. The van der Waals surface area contributed by atoms with Gasteiger partial charge in [0, 0.05) is 30.8 Å². The number of hydrogen-bond donors (Lipinski definition) is 1. The first-order chi connectivity index (χ1) is 10.2. The second-order valence-corrected chi connectivity index (χ2v) is 5.96. The molecule has 4 nitrogen and oxygen atoms in total. The summed E-state index contributed by atoms with van der Waals surface area (Å²) in [6.45, 7) is 3.29. The number of nitrogens with zero attached hydrogens (tertiary/aromatic N) is 2. The van der Waals surface area contributed by atoms with E-state index in [1.807, 2.05) is 34.9 Å². The Morgan fingerprint density at radius 2 is 2.14 bits per heavy atom. The fourth-order valence-corrected chi connectivity index (χ4v) is 3.55. The molecule has 106 valence electrons. The molecule has 0 spiro atoms. The molecular formula is C17H17N3O. The van der Waals surface area contributed by atoms with Crippen molar-refractivity contribution in [3.63, 3.8) is 0 Å². The van der Waals surface area contributed by atoms with Crippen molar-refractivity contribution in [1.29, 1.82) is 0 Å². The number of rotatable bonds is 2. The molecule has 21 heavy (non-hydrogen) atoms. The number of pyridine rings is 1. The third kappa shape index (κ3) is 2.01. The summed E-state index contributed by atoms with van der Waals surface area (Å²) in [7, 11) is 0. The van der Waals surface area contributed by atoms with Gasteiger partial charge in [0.1, 0.15) is 0 Å². The summed E-state index contributed by atoms with van der Waals surface area (Å²) in [5.41, 5.74) is 2.43. The molecule has 0 aromatic carbocycles. The van der Waals surface area contributed by atoms with Crippen LogP contribution in [0.2, 0.25) is 0 Å². The van der Waals surface area contributed by atoms with Crippen LogP contribution in [-0.2, 0) is 0 Å². The summed E-state index contributed by atoms with van der Waals surface area (Å²) in [4.78, 5) is 14.9. The van der Waals surface area contributed by atoms with Crippen LogP contribution in [0.5, 0.6) is 0 Å². The van der Waals surface area contributed by atoms with Crippen molar-refractivity contribution in [3.8, 4) is 12.3 Å². The Morgan fingerprint density at radius 1 is 1.29 bits per heavy atom. The molecule has 4 heterocycles. The maximum Gasteiger partial charge on any atom is 0.253 e. The van der Waals surface area contributed by atoms with E-state index in [1.54, 1.807) is 0 Å². The van der Waals surface area contributed by atoms with E-state index in [2.05, 4.69) is 16.1 Å². The van der Waals surface area contributed by atoms with Crippen LogP contribution in [0, 0.1) is 18.3 Å². The Morgan fingerprint density at radius 3 is 2.86 bits per heavy atom. The van der Waals surface area contributed by atoms with Gasteiger partial charge < -0.3 is 14.6 Å². The minimum absolute atomic E-state index is 0.00711. The first kappa shape index (κ1) is 12.5. The molecular weight excluding hydrogens is 262 g/mol. The van der Waals surface area contributed by atoms with Crippen LogP contribution in [0.1, 0.15) is 22.5 Å². The van der Waals surface area contributed by atoms with Gasteiger partial charge in [-0.3, -0.25) is 4.79 Å². The van der Waals surface area contributed by atoms with Gasteiger partial charge in [-0.2, -0.15) is 0 Å². The van der Waals surface area contributed by atoms with Crippen molar-refractivity contribution >= 4 is 11.4 Å². The standard InChI is InChI=1S/C17H17N3O/c1-2-14-5-6-15-4-3-13(10-20(14)15)17(21)18-16-11-19-8-7-12(16)9-19/h1,3-6,10,12,16H,7-9,11H2,(H,18,21)/t12-,16?/m0/s1. The van der Waals surface area contributed by atoms with Gasteiger partial charge in [0.25, 0.3) is 5.91 Å². The minimum atomic E-state index is -0.00711. The lowest BCUT2D eigenvalue weighted by atomic mass is 10.00. The Bertz CT molecular complexity index is 755. The summed E-state index contributed by atoms with van der Waals surface area (Å²) in [5.74, 6) is 3.24. The largest absolute Gasteiger partial charge is 0.348 e. The third-order valence-corrected chi connectivity index (χ3v) is 4.71. The van der Waals surface area contributed by atoms with Gasteiger partial charge in [-0.15, -0.1) is 6.42 Å². The third-order valence-electron chi connectivity index (χ3n) is 4.71. The monoisotopic (exact) mass is 279 g/mol. The van der Waals surface area contributed by atoms with Gasteiger partial charge in [0.05, 0.1) is 11.3 Å². The molecule has 2 aromatic rings. The number of carbonyl (C=O) groups is 1. The summed E-state index contributed by atoms with van der Waals surface area (Å²) in [6, 6.07) is 7.93. The number of hydrogen-bond acceptors (Lipinski definition) is 2. The van der Waals surface area contributed by atoms with Crippen LogP contribution in [0.15, 0.2) is 30.5 Å². The lowest BCUT2D eigenvalue weighted by Crippen LogP contribution is -2.43. The molecule has 0 saturated carbocycles. The lowest BCUT2D eigenvalue weighted by molar-refractivity contribution is 0.0924. The van der Waals surface area contributed by atoms with Crippen molar-refractivity contribution < 1.29 is 4.79 Å². The molecule has 4 rings (SSSR count). The summed E-state index contributed by atoms with van der Waals surface area (Å²) >= 11 is 0. The molecule has 1 N–H and O–H groups in total. The number of piperidine rings is 1. The van der Waals surface area contributed by atoms with Gasteiger partial charge in [-0.25, -0.2) is 0 Å². The predicted molar refractivity (Wildman–Crippen MR) is 81.1 cm³/mol. The highest BCUT2D eigenvalue weighted by molar-refractivity contribution is 5.94. The normalized spacial score (nSPS) is 26.9. The molecule has 2 unspecified atom stereocenters. The van der Waals surface area contributed by atoms with Crippen molar-refractivity contribution in [3.05, 3.63) is 41.7 Å². The predicted octanol–water partition coefficient (Wildman–Crippen LogP) is 1.35. The fourth-order valence-electron chi connectivity index (χ4n) is 3.55. The smallest absolute Gasteiger partial charge is 0.253 e. The van der Waals surface area contributed by atoms with E-state index in [0.29, 0.717) is 17.5 Å². The zero-order chi connectivity index (χ0) is 14.4. The fraction of sp³-hybridized carbons (Fsp3) is 0.353. The van der Waals surface area contributed by atoms with Crippen LogP contribution in [0.4, 0.5) is 0 Å². The molecule has 2 aliphatic rings. The average Bonchev–Trinajstić information content (AvgIpc) is 3.21. The Balaban J connectivity index is 1.58. The van der Waals surface area contributed by atoms with E-state index >= 15 is 0 Å². The first-order valence-corrected chi connectivity index (χ1v) is 7.35. The summed E-state index contributed by atoms with van der Waals surface area (Å²) < 4.78 is 1.89. The number of terminal acetylenes is 1. The molecule has 2 bridgehead atoms. The molecule has 2 aliphatic heterocycles. The van der Waals surface area contributed by atoms with Crippen LogP contribution >= 0.6 is 0 Å². The summed E-state index contributed by atoms with van der Waals surface area (Å²) in [5, 5.41) is 3.18. The maximum absolute atomic E-state index is 12.4.